The molecule has 0 N–H and O–H groups in total. The second-order valence-corrected chi connectivity index (χ2v) is 3.78. The van der Waals surface area contributed by atoms with Crippen molar-refractivity contribution < 1.29 is 4.79 Å². The summed E-state index contributed by atoms with van der Waals surface area (Å²) in [5.74, 6) is 0. The van der Waals surface area contributed by atoms with Crippen molar-refractivity contribution in [1.82, 2.24) is 0 Å². The Kier molecular flexibility index (Phi) is 9.44. The van der Waals surface area contributed by atoms with Gasteiger partial charge in [0.05, 0.1) is 0 Å². The number of carbonyl (C=O) groups excluding carboxylic acids is 1. The largest absolute Gasteiger partial charge is 0.742 e. The third-order valence-electron chi connectivity index (χ3n) is 2.04. The lowest BCUT2D eigenvalue weighted by atomic mass is 10.1. The Labute approximate surface area is 87.0 Å². The molecule has 0 aliphatic heterocycles. The standard InChI is InChI=1S/C11H20OS/c1-2-3-4-5-6-7-8-9-10-11(12)13/h2H,1,3-10H2,(H,12,13)/p-1. The van der Waals surface area contributed by atoms with Gasteiger partial charge in [-0.2, -0.15) is 0 Å². The van der Waals surface area contributed by atoms with E-state index in [0.717, 1.165) is 19.3 Å². The summed E-state index contributed by atoms with van der Waals surface area (Å²) < 4.78 is 0. The van der Waals surface area contributed by atoms with Gasteiger partial charge in [0.1, 0.15) is 0 Å². The Hall–Kier alpha value is -0.370. The van der Waals surface area contributed by atoms with Crippen molar-refractivity contribution in [2.75, 3.05) is 0 Å². The monoisotopic (exact) mass is 199 g/mol. The van der Waals surface area contributed by atoms with Gasteiger partial charge in [0.15, 0.2) is 0 Å². The van der Waals surface area contributed by atoms with Crippen LogP contribution in [0.2, 0.25) is 0 Å². The molecule has 0 aromatic rings. The number of rotatable bonds is 9. The van der Waals surface area contributed by atoms with Gasteiger partial charge in [-0.15, -0.1) is 6.58 Å². The van der Waals surface area contributed by atoms with Crippen molar-refractivity contribution in [2.24, 2.45) is 0 Å². The molecule has 0 aromatic heterocycles. The summed E-state index contributed by atoms with van der Waals surface area (Å²) in [6.07, 6.45) is 10.9. The van der Waals surface area contributed by atoms with E-state index < -0.39 is 0 Å². The topological polar surface area (TPSA) is 17.1 Å². The zero-order valence-corrected chi connectivity index (χ0v) is 9.07. The fourth-order valence-corrected chi connectivity index (χ4v) is 1.41. The van der Waals surface area contributed by atoms with Crippen LogP contribution in [0.1, 0.15) is 51.4 Å². The van der Waals surface area contributed by atoms with Gasteiger partial charge in [0.25, 0.3) is 0 Å². The quantitative estimate of drug-likeness (QED) is 0.322. The Morgan fingerprint density at radius 3 is 2.15 bits per heavy atom. The second-order valence-electron chi connectivity index (χ2n) is 3.32. The number of carbonyl (C=O) groups is 1. The number of allylic oxidation sites excluding steroid dienone is 1. The lowest BCUT2D eigenvalue weighted by molar-refractivity contribution is -0.111. The van der Waals surface area contributed by atoms with Crippen LogP contribution in [-0.4, -0.2) is 5.12 Å². The molecule has 76 valence electrons. The van der Waals surface area contributed by atoms with Gasteiger partial charge in [-0.3, -0.25) is 0 Å². The van der Waals surface area contributed by atoms with Crippen LogP contribution in [-0.2, 0) is 17.4 Å². The van der Waals surface area contributed by atoms with Gasteiger partial charge in [-0.05, 0) is 25.7 Å². The summed E-state index contributed by atoms with van der Waals surface area (Å²) in [5, 5.41) is -0.0911. The minimum atomic E-state index is -0.0911. The van der Waals surface area contributed by atoms with E-state index in [-0.39, 0.29) is 5.12 Å². The van der Waals surface area contributed by atoms with Crippen LogP contribution < -0.4 is 0 Å². The molecule has 0 unspecified atom stereocenters. The van der Waals surface area contributed by atoms with E-state index in [0.29, 0.717) is 6.42 Å². The number of hydrogen-bond donors (Lipinski definition) is 0. The fraction of sp³-hybridized carbons (Fsp3) is 0.727. The Balaban J connectivity index is 2.91. The molecule has 0 atom stereocenters. The summed E-state index contributed by atoms with van der Waals surface area (Å²) in [6.45, 7) is 3.68. The van der Waals surface area contributed by atoms with Crippen LogP contribution in [0, 0.1) is 0 Å². The molecule has 0 bridgehead atoms. The van der Waals surface area contributed by atoms with Gasteiger partial charge in [-0.25, -0.2) is 0 Å². The maximum absolute atomic E-state index is 10.4. The maximum Gasteiger partial charge on any atom is 0.0119 e. The highest BCUT2D eigenvalue weighted by Crippen LogP contribution is 2.08. The molecule has 0 spiro atoms. The van der Waals surface area contributed by atoms with E-state index in [1.54, 1.807) is 0 Å². The van der Waals surface area contributed by atoms with E-state index >= 15 is 0 Å². The predicted octanol–water partition coefficient (Wildman–Crippen LogP) is 3.37. The molecule has 0 rings (SSSR count). The summed E-state index contributed by atoms with van der Waals surface area (Å²) in [4.78, 5) is 10.4. The van der Waals surface area contributed by atoms with Gasteiger partial charge in [0.2, 0.25) is 0 Å². The van der Waals surface area contributed by atoms with Crippen LogP contribution in [0.15, 0.2) is 12.7 Å². The zero-order chi connectivity index (χ0) is 9.94. The highest BCUT2D eigenvalue weighted by Gasteiger charge is 1.90. The van der Waals surface area contributed by atoms with Crippen LogP contribution in [0.3, 0.4) is 0 Å². The Morgan fingerprint density at radius 1 is 1.08 bits per heavy atom. The maximum atomic E-state index is 10.4. The second kappa shape index (κ2) is 9.72. The molecule has 0 heterocycles. The average molecular weight is 199 g/mol. The van der Waals surface area contributed by atoms with E-state index in [9.17, 15) is 4.79 Å². The van der Waals surface area contributed by atoms with Crippen LogP contribution in [0.5, 0.6) is 0 Å². The van der Waals surface area contributed by atoms with E-state index in [2.05, 4.69) is 19.2 Å². The first-order valence-electron chi connectivity index (χ1n) is 5.08. The molecule has 0 aliphatic rings. The first-order valence-corrected chi connectivity index (χ1v) is 5.49. The lowest BCUT2D eigenvalue weighted by Crippen LogP contribution is -1.90. The minimum absolute atomic E-state index is 0.0911. The van der Waals surface area contributed by atoms with Crippen LogP contribution >= 0.6 is 0 Å². The van der Waals surface area contributed by atoms with Crippen molar-refractivity contribution in [2.45, 2.75) is 51.4 Å². The first kappa shape index (κ1) is 12.6. The number of unbranched alkanes of at least 4 members (excludes halogenated alkanes) is 6. The van der Waals surface area contributed by atoms with Crippen LogP contribution in [0.4, 0.5) is 0 Å². The van der Waals surface area contributed by atoms with Crippen molar-refractivity contribution in [3.63, 3.8) is 0 Å². The molecule has 2 heteroatoms. The molecule has 0 aliphatic carbocycles. The summed E-state index contributed by atoms with van der Waals surface area (Å²) >= 11 is 4.46. The molecule has 0 aromatic carbocycles. The Bertz CT molecular complexity index is 143. The lowest BCUT2D eigenvalue weighted by Gasteiger charge is -2.03. The van der Waals surface area contributed by atoms with Gasteiger partial charge < -0.3 is 17.4 Å². The first-order chi connectivity index (χ1) is 6.27. The normalized spacial score (nSPS) is 9.85. The van der Waals surface area contributed by atoms with E-state index in [4.69, 9.17) is 0 Å². The molecule has 13 heavy (non-hydrogen) atoms. The van der Waals surface area contributed by atoms with E-state index in [1.165, 1.54) is 25.7 Å². The Morgan fingerprint density at radius 2 is 1.62 bits per heavy atom. The van der Waals surface area contributed by atoms with Gasteiger partial charge in [0, 0.05) is 5.12 Å². The third kappa shape index (κ3) is 11.6. The molecular weight excluding hydrogens is 180 g/mol. The molecule has 0 saturated carbocycles. The highest BCUT2D eigenvalue weighted by molar-refractivity contribution is 7.77. The molecular formula is C11H19OS-. The SMILES string of the molecule is C=CCCCCCCCCC(=O)[S-]. The fourth-order valence-electron chi connectivity index (χ4n) is 1.27. The molecule has 0 fully saturated rings. The van der Waals surface area contributed by atoms with Crippen molar-refractivity contribution in [1.29, 1.82) is 0 Å². The van der Waals surface area contributed by atoms with Crippen molar-refractivity contribution >= 4 is 17.7 Å². The number of hydrogen-bond acceptors (Lipinski definition) is 2. The summed E-state index contributed by atoms with van der Waals surface area (Å²) in [5.41, 5.74) is 0. The third-order valence-corrected chi connectivity index (χ3v) is 2.24. The predicted molar refractivity (Wildman–Crippen MR) is 59.5 cm³/mol. The summed E-state index contributed by atoms with van der Waals surface area (Å²) in [6, 6.07) is 0. The molecule has 1 nitrogen and oxygen atoms in total. The van der Waals surface area contributed by atoms with Crippen molar-refractivity contribution in [3.05, 3.63) is 12.7 Å². The average Bonchev–Trinajstić information content (AvgIpc) is 2.09. The van der Waals surface area contributed by atoms with Crippen LogP contribution in [0.25, 0.3) is 0 Å². The minimum Gasteiger partial charge on any atom is -0.742 e. The highest BCUT2D eigenvalue weighted by atomic mass is 32.1. The van der Waals surface area contributed by atoms with E-state index in [1.807, 2.05) is 6.08 Å². The molecule has 0 saturated heterocycles. The zero-order valence-electron chi connectivity index (χ0n) is 8.26. The molecule has 0 radical (unpaired) electrons. The van der Waals surface area contributed by atoms with Crippen molar-refractivity contribution in [3.8, 4) is 0 Å². The van der Waals surface area contributed by atoms with Gasteiger partial charge in [-0.1, -0.05) is 31.8 Å². The molecule has 0 amide bonds. The smallest absolute Gasteiger partial charge is 0.0119 e. The summed E-state index contributed by atoms with van der Waals surface area (Å²) in [7, 11) is 0. The van der Waals surface area contributed by atoms with Gasteiger partial charge >= 0.3 is 0 Å².